The van der Waals surface area contributed by atoms with E-state index in [-0.39, 0.29) is 23.7 Å². The summed E-state index contributed by atoms with van der Waals surface area (Å²) in [4.78, 5) is 0. The van der Waals surface area contributed by atoms with E-state index in [2.05, 4.69) is 5.32 Å². The number of aliphatic hydroxyl groups is 1. The van der Waals surface area contributed by atoms with Gasteiger partial charge in [0.25, 0.3) is 0 Å². The Bertz CT molecular complexity index is 292. The molecule has 0 radical (unpaired) electrons. The van der Waals surface area contributed by atoms with Crippen LogP contribution in [0.25, 0.3) is 0 Å². The van der Waals surface area contributed by atoms with Gasteiger partial charge >= 0.3 is 6.18 Å². The minimum absolute atomic E-state index is 0.0781. The van der Waals surface area contributed by atoms with Gasteiger partial charge in [0.05, 0.1) is 0 Å². The van der Waals surface area contributed by atoms with E-state index in [1.54, 1.807) is 0 Å². The molecule has 1 saturated heterocycles. The number of hydrogen-bond acceptors (Lipinski definition) is 2. The zero-order valence-corrected chi connectivity index (χ0v) is 8.32. The van der Waals surface area contributed by atoms with Crippen LogP contribution in [0.3, 0.4) is 0 Å². The van der Waals surface area contributed by atoms with Crippen molar-refractivity contribution < 1.29 is 18.3 Å². The lowest BCUT2D eigenvalue weighted by Crippen LogP contribution is -2.72. The minimum Gasteiger partial charge on any atom is -0.380 e. The first-order chi connectivity index (χ1) is 6.79. The van der Waals surface area contributed by atoms with Crippen LogP contribution < -0.4 is 5.32 Å². The molecule has 0 aromatic heterocycles. The zero-order chi connectivity index (χ0) is 10.9. The SMILES string of the molecule is OC1(C(F)(F)F)CC2(CC3(CNC3)C2)C1. The van der Waals surface area contributed by atoms with Crippen LogP contribution in [0, 0.1) is 10.8 Å². The molecular formula is C10H14F3NO. The van der Waals surface area contributed by atoms with Gasteiger partial charge in [0.2, 0.25) is 0 Å². The second kappa shape index (κ2) is 2.35. The summed E-state index contributed by atoms with van der Waals surface area (Å²) < 4.78 is 37.2. The first kappa shape index (κ1) is 9.90. The average Bonchev–Trinajstić information content (AvgIpc) is 1.86. The Labute approximate surface area is 85.8 Å². The predicted molar refractivity (Wildman–Crippen MR) is 47.2 cm³/mol. The summed E-state index contributed by atoms with van der Waals surface area (Å²) in [6.07, 6.45) is -2.87. The molecule has 2 N–H and O–H groups in total. The van der Waals surface area contributed by atoms with Gasteiger partial charge in [0.15, 0.2) is 5.60 Å². The Kier molecular flexibility index (Phi) is 1.55. The normalized spacial score (nSPS) is 34.4. The molecule has 1 aliphatic heterocycles. The second-order valence-corrected chi connectivity index (χ2v) is 5.84. The van der Waals surface area contributed by atoms with Crippen LogP contribution in [-0.4, -0.2) is 30.0 Å². The third kappa shape index (κ3) is 1.13. The molecule has 0 amide bonds. The largest absolute Gasteiger partial charge is 0.417 e. The van der Waals surface area contributed by atoms with Crippen molar-refractivity contribution in [1.82, 2.24) is 5.32 Å². The molecule has 86 valence electrons. The molecule has 3 aliphatic rings. The van der Waals surface area contributed by atoms with Crippen LogP contribution in [0.15, 0.2) is 0 Å². The van der Waals surface area contributed by atoms with Crippen molar-refractivity contribution in [3.8, 4) is 0 Å². The second-order valence-electron chi connectivity index (χ2n) is 5.84. The van der Waals surface area contributed by atoms with Crippen LogP contribution in [0.2, 0.25) is 0 Å². The standard InChI is InChI=1S/C10H14F3NO/c11-10(12,13)9(15)3-7(4-9)1-8(2-7)5-14-6-8/h14-15H,1-6H2. The zero-order valence-electron chi connectivity index (χ0n) is 8.32. The van der Waals surface area contributed by atoms with Gasteiger partial charge in [0.1, 0.15) is 0 Å². The number of rotatable bonds is 0. The lowest BCUT2D eigenvalue weighted by atomic mass is 9.40. The van der Waals surface area contributed by atoms with Crippen LogP contribution in [-0.2, 0) is 0 Å². The molecule has 2 saturated carbocycles. The molecule has 0 bridgehead atoms. The summed E-state index contributed by atoms with van der Waals surface area (Å²) in [6, 6.07) is 0. The van der Waals surface area contributed by atoms with Crippen LogP contribution in [0.5, 0.6) is 0 Å². The predicted octanol–water partition coefficient (Wildman–Crippen LogP) is 1.44. The number of halogens is 3. The summed E-state index contributed by atoms with van der Waals surface area (Å²) in [5, 5.41) is 12.5. The summed E-state index contributed by atoms with van der Waals surface area (Å²) in [5.74, 6) is 0. The Hall–Kier alpha value is -0.290. The lowest BCUT2D eigenvalue weighted by Gasteiger charge is -2.69. The fraction of sp³-hybridized carbons (Fsp3) is 1.00. The molecular weight excluding hydrogens is 207 g/mol. The highest BCUT2D eigenvalue weighted by atomic mass is 19.4. The number of hydrogen-bond donors (Lipinski definition) is 2. The summed E-state index contributed by atoms with van der Waals surface area (Å²) in [6.45, 7) is 1.89. The van der Waals surface area contributed by atoms with Crippen molar-refractivity contribution in [2.45, 2.75) is 37.5 Å². The molecule has 1 heterocycles. The van der Waals surface area contributed by atoms with Gasteiger partial charge in [-0.2, -0.15) is 13.2 Å². The molecule has 0 unspecified atom stereocenters. The van der Waals surface area contributed by atoms with Crippen molar-refractivity contribution >= 4 is 0 Å². The van der Waals surface area contributed by atoms with Crippen LogP contribution in [0.1, 0.15) is 25.7 Å². The highest BCUT2D eigenvalue weighted by Crippen LogP contribution is 2.70. The molecule has 2 aliphatic carbocycles. The van der Waals surface area contributed by atoms with E-state index >= 15 is 0 Å². The Balaban J connectivity index is 1.63. The third-order valence-corrected chi connectivity index (χ3v) is 4.36. The van der Waals surface area contributed by atoms with Crippen LogP contribution >= 0.6 is 0 Å². The highest BCUT2D eigenvalue weighted by molar-refractivity contribution is 5.19. The Morgan fingerprint density at radius 1 is 0.933 bits per heavy atom. The van der Waals surface area contributed by atoms with E-state index in [4.69, 9.17) is 0 Å². The van der Waals surface area contributed by atoms with Gasteiger partial charge in [-0.15, -0.1) is 0 Å². The van der Waals surface area contributed by atoms with Gasteiger partial charge < -0.3 is 10.4 Å². The molecule has 3 fully saturated rings. The van der Waals surface area contributed by atoms with Gasteiger partial charge in [-0.05, 0) is 36.5 Å². The molecule has 0 aromatic carbocycles. The van der Waals surface area contributed by atoms with Crippen molar-refractivity contribution in [3.05, 3.63) is 0 Å². The first-order valence-electron chi connectivity index (χ1n) is 5.28. The maximum atomic E-state index is 12.4. The molecule has 2 spiro atoms. The minimum atomic E-state index is -4.45. The smallest absolute Gasteiger partial charge is 0.380 e. The van der Waals surface area contributed by atoms with E-state index in [9.17, 15) is 18.3 Å². The molecule has 15 heavy (non-hydrogen) atoms. The summed E-state index contributed by atoms with van der Waals surface area (Å²) >= 11 is 0. The fourth-order valence-corrected chi connectivity index (χ4v) is 3.91. The van der Waals surface area contributed by atoms with Crippen molar-refractivity contribution in [2.24, 2.45) is 10.8 Å². The lowest BCUT2D eigenvalue weighted by molar-refractivity contribution is -0.341. The van der Waals surface area contributed by atoms with E-state index in [1.165, 1.54) is 0 Å². The maximum Gasteiger partial charge on any atom is 0.417 e. The average molecular weight is 221 g/mol. The molecule has 0 atom stereocenters. The highest BCUT2D eigenvalue weighted by Gasteiger charge is 2.73. The Morgan fingerprint density at radius 2 is 1.47 bits per heavy atom. The van der Waals surface area contributed by atoms with Crippen molar-refractivity contribution in [3.63, 3.8) is 0 Å². The van der Waals surface area contributed by atoms with Crippen molar-refractivity contribution in [1.29, 1.82) is 0 Å². The van der Waals surface area contributed by atoms with E-state index in [1.807, 2.05) is 0 Å². The summed E-state index contributed by atoms with van der Waals surface area (Å²) in [5.41, 5.74) is -2.29. The molecule has 5 heteroatoms. The molecule has 0 aromatic rings. The van der Waals surface area contributed by atoms with Crippen molar-refractivity contribution in [2.75, 3.05) is 13.1 Å². The van der Waals surface area contributed by atoms with Gasteiger partial charge in [-0.1, -0.05) is 0 Å². The van der Waals surface area contributed by atoms with Crippen LogP contribution in [0.4, 0.5) is 13.2 Å². The monoisotopic (exact) mass is 221 g/mol. The third-order valence-electron chi connectivity index (χ3n) is 4.36. The van der Waals surface area contributed by atoms with E-state index < -0.39 is 11.8 Å². The maximum absolute atomic E-state index is 12.4. The summed E-state index contributed by atoms with van der Waals surface area (Å²) in [7, 11) is 0. The first-order valence-corrected chi connectivity index (χ1v) is 5.28. The van der Waals surface area contributed by atoms with E-state index in [0.29, 0.717) is 0 Å². The van der Waals surface area contributed by atoms with Gasteiger partial charge in [0, 0.05) is 13.1 Å². The quantitative estimate of drug-likeness (QED) is 0.648. The molecule has 3 rings (SSSR count). The topological polar surface area (TPSA) is 32.3 Å². The fourth-order valence-electron chi connectivity index (χ4n) is 3.91. The number of alkyl halides is 3. The molecule has 2 nitrogen and oxygen atoms in total. The Morgan fingerprint density at radius 3 is 1.80 bits per heavy atom. The van der Waals surface area contributed by atoms with E-state index in [0.717, 1.165) is 25.9 Å². The van der Waals surface area contributed by atoms with Gasteiger partial charge in [-0.3, -0.25) is 0 Å². The van der Waals surface area contributed by atoms with Gasteiger partial charge in [-0.25, -0.2) is 0 Å². The number of nitrogens with one attached hydrogen (secondary N) is 1.